The van der Waals surface area contributed by atoms with Gasteiger partial charge in [0.15, 0.2) is 0 Å². The number of nitrogens with one attached hydrogen (secondary N) is 1. The number of nitrogens with zero attached hydrogens (tertiary/aromatic N) is 1. The SMILES string of the molecule is O=C(O)c1ccc(COc2c(I)cc(/C=N\Nc3ccccc3)cc2I)cc1. The fourth-order valence-electron chi connectivity index (χ4n) is 2.39. The first kappa shape index (κ1) is 20.6. The molecule has 28 heavy (non-hydrogen) atoms. The van der Waals surface area contributed by atoms with Gasteiger partial charge >= 0.3 is 5.97 Å². The summed E-state index contributed by atoms with van der Waals surface area (Å²) < 4.78 is 7.92. The lowest BCUT2D eigenvalue weighted by Crippen LogP contribution is -2.01. The predicted octanol–water partition coefficient (Wildman–Crippen LogP) is 5.62. The normalized spacial score (nSPS) is 10.8. The van der Waals surface area contributed by atoms with Crippen molar-refractivity contribution in [1.82, 2.24) is 0 Å². The molecule has 142 valence electrons. The minimum Gasteiger partial charge on any atom is -0.487 e. The molecule has 0 aliphatic rings. The van der Waals surface area contributed by atoms with Crippen molar-refractivity contribution in [3.8, 4) is 5.75 Å². The molecule has 3 rings (SSSR count). The van der Waals surface area contributed by atoms with Crippen LogP contribution in [-0.4, -0.2) is 17.3 Å². The van der Waals surface area contributed by atoms with E-state index in [1.807, 2.05) is 42.5 Å². The van der Waals surface area contributed by atoms with Crippen LogP contribution in [0.1, 0.15) is 21.5 Å². The Bertz CT molecular complexity index is 967. The third kappa shape index (κ3) is 5.68. The number of halogens is 2. The van der Waals surface area contributed by atoms with Gasteiger partial charge in [0.1, 0.15) is 12.4 Å². The van der Waals surface area contributed by atoms with Crippen LogP contribution in [0.15, 0.2) is 71.8 Å². The van der Waals surface area contributed by atoms with Gasteiger partial charge in [-0.25, -0.2) is 4.79 Å². The highest BCUT2D eigenvalue weighted by molar-refractivity contribution is 14.1. The number of carbonyl (C=O) groups is 1. The molecule has 7 heteroatoms. The van der Waals surface area contributed by atoms with Crippen LogP contribution in [0.2, 0.25) is 0 Å². The summed E-state index contributed by atoms with van der Waals surface area (Å²) in [7, 11) is 0. The maximum atomic E-state index is 10.9. The molecule has 3 aromatic rings. The molecule has 0 unspecified atom stereocenters. The first-order valence-corrected chi connectivity index (χ1v) is 10.5. The van der Waals surface area contributed by atoms with E-state index in [1.54, 1.807) is 30.5 Å². The highest BCUT2D eigenvalue weighted by Crippen LogP contribution is 2.29. The number of ether oxygens (including phenoxy) is 1. The third-order valence-electron chi connectivity index (χ3n) is 3.79. The number of carboxylic acids is 1. The van der Waals surface area contributed by atoms with Crippen molar-refractivity contribution in [2.45, 2.75) is 6.61 Å². The highest BCUT2D eigenvalue weighted by Gasteiger charge is 2.09. The second-order valence-corrected chi connectivity index (χ2v) is 8.16. The van der Waals surface area contributed by atoms with Gasteiger partial charge in [-0.2, -0.15) is 5.10 Å². The Hall–Kier alpha value is -2.14. The molecule has 0 saturated heterocycles. The van der Waals surface area contributed by atoms with Gasteiger partial charge in [-0.1, -0.05) is 30.3 Å². The summed E-state index contributed by atoms with van der Waals surface area (Å²) in [5.41, 5.74) is 6.07. The lowest BCUT2D eigenvalue weighted by atomic mass is 10.1. The molecule has 0 amide bonds. The number of aromatic carboxylic acids is 1. The average Bonchev–Trinajstić information content (AvgIpc) is 2.68. The monoisotopic (exact) mass is 598 g/mol. The van der Waals surface area contributed by atoms with Crippen LogP contribution in [0.25, 0.3) is 0 Å². The van der Waals surface area contributed by atoms with E-state index in [9.17, 15) is 4.79 Å². The molecule has 0 saturated carbocycles. The smallest absolute Gasteiger partial charge is 0.335 e. The molecule has 2 N–H and O–H groups in total. The maximum Gasteiger partial charge on any atom is 0.335 e. The maximum absolute atomic E-state index is 10.9. The van der Waals surface area contributed by atoms with Crippen LogP contribution < -0.4 is 10.2 Å². The minimum atomic E-state index is -0.935. The lowest BCUT2D eigenvalue weighted by Gasteiger charge is -2.11. The standard InChI is InChI=1S/C21H16I2N2O3/c22-18-10-15(12-24-25-17-4-2-1-3-5-17)11-19(23)20(18)28-13-14-6-8-16(9-7-14)21(26)27/h1-12,25H,13H2,(H,26,27)/b24-12-. The molecular weight excluding hydrogens is 582 g/mol. The van der Waals surface area contributed by atoms with Crippen LogP contribution in [-0.2, 0) is 6.61 Å². The van der Waals surface area contributed by atoms with Crippen molar-refractivity contribution in [3.63, 3.8) is 0 Å². The largest absolute Gasteiger partial charge is 0.487 e. The van der Waals surface area contributed by atoms with Gasteiger partial charge < -0.3 is 9.84 Å². The topological polar surface area (TPSA) is 70.9 Å². The summed E-state index contributed by atoms with van der Waals surface area (Å²) in [4.78, 5) is 10.9. The molecule has 0 spiro atoms. The minimum absolute atomic E-state index is 0.265. The van der Waals surface area contributed by atoms with Crippen molar-refractivity contribution >= 4 is 63.1 Å². The van der Waals surface area contributed by atoms with Gasteiger partial charge in [0.2, 0.25) is 0 Å². The molecule has 0 aromatic heterocycles. The number of hydrazone groups is 1. The zero-order valence-corrected chi connectivity index (χ0v) is 18.9. The first-order chi connectivity index (χ1) is 13.5. The first-order valence-electron chi connectivity index (χ1n) is 8.31. The number of carboxylic acid groups (broad SMARTS) is 1. The van der Waals surface area contributed by atoms with Crippen LogP contribution in [0.4, 0.5) is 5.69 Å². The third-order valence-corrected chi connectivity index (χ3v) is 5.39. The fraction of sp³-hybridized carbons (Fsp3) is 0.0476. The number of anilines is 1. The molecule has 0 aliphatic heterocycles. The van der Waals surface area contributed by atoms with Crippen LogP contribution in [0, 0.1) is 7.14 Å². The summed E-state index contributed by atoms with van der Waals surface area (Å²) in [5.74, 6) is -0.132. The average molecular weight is 598 g/mol. The van der Waals surface area contributed by atoms with Gasteiger partial charge in [0, 0.05) is 0 Å². The Morgan fingerprint density at radius 3 is 2.29 bits per heavy atom. The summed E-state index contributed by atoms with van der Waals surface area (Å²) in [6.07, 6.45) is 1.77. The van der Waals surface area contributed by atoms with Crippen molar-refractivity contribution in [2.24, 2.45) is 5.10 Å². The molecule has 0 fully saturated rings. The van der Waals surface area contributed by atoms with Gasteiger partial charge in [0.05, 0.1) is 24.6 Å². The molecule has 3 aromatic carbocycles. The molecule has 0 heterocycles. The van der Waals surface area contributed by atoms with E-state index < -0.39 is 5.97 Å². The van der Waals surface area contributed by atoms with E-state index in [4.69, 9.17) is 9.84 Å². The summed E-state index contributed by atoms with van der Waals surface area (Å²) in [6, 6.07) is 20.4. The Labute approximate surface area is 190 Å². The fourth-order valence-corrected chi connectivity index (χ4v) is 4.51. The van der Waals surface area contributed by atoms with E-state index in [-0.39, 0.29) is 5.56 Å². The number of rotatable bonds is 7. The molecule has 5 nitrogen and oxygen atoms in total. The van der Waals surface area contributed by atoms with Crippen molar-refractivity contribution in [2.75, 3.05) is 5.43 Å². The van der Waals surface area contributed by atoms with Crippen LogP contribution in [0.5, 0.6) is 5.75 Å². The summed E-state index contributed by atoms with van der Waals surface area (Å²) in [6.45, 7) is 0.370. The number of hydrogen-bond donors (Lipinski definition) is 2. The van der Waals surface area contributed by atoms with Gasteiger partial charge in [-0.3, -0.25) is 5.43 Å². The zero-order valence-electron chi connectivity index (χ0n) is 14.6. The Morgan fingerprint density at radius 1 is 1.04 bits per heavy atom. The summed E-state index contributed by atoms with van der Waals surface area (Å²) >= 11 is 4.48. The van der Waals surface area contributed by atoms with E-state index in [0.717, 1.165) is 29.7 Å². The molecule has 0 aliphatic carbocycles. The summed E-state index contributed by atoms with van der Waals surface area (Å²) in [5, 5.41) is 13.2. The molecule has 0 radical (unpaired) electrons. The van der Waals surface area contributed by atoms with Gasteiger partial charge in [-0.15, -0.1) is 0 Å². The quantitative estimate of drug-likeness (QED) is 0.211. The van der Waals surface area contributed by atoms with Gasteiger partial charge in [0.25, 0.3) is 0 Å². The lowest BCUT2D eigenvalue weighted by molar-refractivity contribution is 0.0697. The second-order valence-electron chi connectivity index (χ2n) is 5.84. The van der Waals surface area contributed by atoms with E-state index in [0.29, 0.717) is 6.61 Å². The Balaban J connectivity index is 1.65. The predicted molar refractivity (Wildman–Crippen MR) is 127 cm³/mol. The zero-order chi connectivity index (χ0) is 19.9. The van der Waals surface area contributed by atoms with E-state index in [1.165, 1.54) is 0 Å². The molecule has 0 bridgehead atoms. The highest BCUT2D eigenvalue weighted by atomic mass is 127. The van der Waals surface area contributed by atoms with Gasteiger partial charge in [-0.05, 0) is 92.7 Å². The van der Waals surface area contributed by atoms with Crippen molar-refractivity contribution < 1.29 is 14.6 Å². The molecular formula is C21H16I2N2O3. The van der Waals surface area contributed by atoms with Crippen molar-refractivity contribution in [3.05, 3.63) is 90.6 Å². The number of hydrogen-bond acceptors (Lipinski definition) is 4. The van der Waals surface area contributed by atoms with Crippen LogP contribution >= 0.6 is 45.2 Å². The van der Waals surface area contributed by atoms with Crippen molar-refractivity contribution in [1.29, 1.82) is 0 Å². The number of benzene rings is 3. The van der Waals surface area contributed by atoms with E-state index >= 15 is 0 Å². The number of para-hydroxylation sites is 1. The van der Waals surface area contributed by atoms with E-state index in [2.05, 4.69) is 55.7 Å². The Morgan fingerprint density at radius 2 is 1.68 bits per heavy atom. The molecule has 0 atom stereocenters. The van der Waals surface area contributed by atoms with Crippen LogP contribution in [0.3, 0.4) is 0 Å². The second kappa shape index (κ2) is 9.87. The Kier molecular flexibility index (Phi) is 7.26.